The molecule has 5 heteroatoms. The molecule has 0 heterocycles. The number of hydrogen-bond acceptors (Lipinski definition) is 3. The molecule has 0 aliphatic carbocycles. The van der Waals surface area contributed by atoms with Gasteiger partial charge in [0.25, 0.3) is 0 Å². The van der Waals surface area contributed by atoms with E-state index in [9.17, 15) is 0 Å². The third-order valence-electron chi connectivity index (χ3n) is 7.99. The van der Waals surface area contributed by atoms with Crippen molar-refractivity contribution >= 4 is 23.2 Å². The Morgan fingerprint density at radius 2 is 0.674 bits per heavy atom. The van der Waals surface area contributed by atoms with Gasteiger partial charge >= 0.3 is 0 Å². The lowest BCUT2D eigenvalue weighted by molar-refractivity contribution is -0.246. The van der Waals surface area contributed by atoms with Crippen molar-refractivity contribution in [1.82, 2.24) is 0 Å². The van der Waals surface area contributed by atoms with Gasteiger partial charge in [-0.15, -0.1) is 23.2 Å². The topological polar surface area (TPSA) is 27.7 Å². The van der Waals surface area contributed by atoms with E-state index in [1.54, 1.807) is 0 Å². The summed E-state index contributed by atoms with van der Waals surface area (Å²) in [4.78, 5) is 0. The molecule has 0 saturated heterocycles. The molecule has 2 unspecified atom stereocenters. The highest BCUT2D eigenvalue weighted by atomic mass is 35.5. The first kappa shape index (κ1) is 42.9. The molecule has 0 aromatic rings. The molecule has 0 bridgehead atoms. The van der Waals surface area contributed by atoms with Crippen molar-refractivity contribution in [2.75, 3.05) is 25.0 Å². The molecular formula is C38H72Cl2O3. The molecule has 256 valence electrons. The second-order valence-corrected chi connectivity index (χ2v) is 12.8. The zero-order valence-electron chi connectivity index (χ0n) is 28.7. The fourth-order valence-corrected chi connectivity index (χ4v) is 5.78. The van der Waals surface area contributed by atoms with E-state index < -0.39 is 0 Å². The summed E-state index contributed by atoms with van der Waals surface area (Å²) in [5.74, 6) is 1.64. The predicted octanol–water partition coefficient (Wildman–Crippen LogP) is 13.5. The first-order chi connectivity index (χ1) is 21.3. The van der Waals surface area contributed by atoms with Crippen molar-refractivity contribution in [1.29, 1.82) is 0 Å². The zero-order chi connectivity index (χ0) is 31.3. The van der Waals surface area contributed by atoms with E-state index >= 15 is 0 Å². The summed E-state index contributed by atoms with van der Waals surface area (Å²) in [5.41, 5.74) is 0. The Kier molecular flexibility index (Phi) is 38.1. The van der Waals surface area contributed by atoms with Gasteiger partial charge < -0.3 is 14.2 Å². The smallest absolute Gasteiger partial charge is 0.161 e. The van der Waals surface area contributed by atoms with Crippen LogP contribution in [0, 0.1) is 0 Å². The highest BCUT2D eigenvalue weighted by Gasteiger charge is 2.16. The Balaban J connectivity index is 3.86. The van der Waals surface area contributed by atoms with E-state index in [0.29, 0.717) is 13.2 Å². The summed E-state index contributed by atoms with van der Waals surface area (Å²) in [5, 5.41) is 0. The molecule has 0 spiro atoms. The summed E-state index contributed by atoms with van der Waals surface area (Å²) in [7, 11) is 0. The summed E-state index contributed by atoms with van der Waals surface area (Å²) in [6.45, 7) is 5.40. The molecule has 0 aliphatic heterocycles. The van der Waals surface area contributed by atoms with E-state index in [1.165, 1.54) is 141 Å². The van der Waals surface area contributed by atoms with Crippen molar-refractivity contribution < 1.29 is 14.2 Å². The molecule has 2 atom stereocenters. The first-order valence-electron chi connectivity index (χ1n) is 18.6. The lowest BCUT2D eigenvalue weighted by Crippen LogP contribution is -2.27. The minimum Gasteiger partial charge on any atom is -0.353 e. The van der Waals surface area contributed by atoms with Gasteiger partial charge in [0.15, 0.2) is 12.6 Å². The number of ether oxygens (including phenoxy) is 3. The van der Waals surface area contributed by atoms with Crippen molar-refractivity contribution in [3.05, 3.63) is 24.3 Å². The van der Waals surface area contributed by atoms with Gasteiger partial charge in [-0.05, 0) is 65.2 Å². The quantitative estimate of drug-likeness (QED) is 0.0293. The lowest BCUT2D eigenvalue weighted by Gasteiger charge is -2.24. The molecule has 0 saturated carbocycles. The number of rotatable bonds is 36. The lowest BCUT2D eigenvalue weighted by atomic mass is 10.1. The van der Waals surface area contributed by atoms with Gasteiger partial charge in [-0.3, -0.25) is 0 Å². The molecule has 0 amide bonds. The molecule has 43 heavy (non-hydrogen) atoms. The normalized spacial score (nSPS) is 13.5. The van der Waals surface area contributed by atoms with Crippen molar-refractivity contribution in [3.63, 3.8) is 0 Å². The number of unbranched alkanes of at least 4 members (excludes halogenated alkanes) is 20. The number of hydrogen-bond donors (Lipinski definition) is 0. The average molecular weight is 648 g/mol. The van der Waals surface area contributed by atoms with Crippen molar-refractivity contribution in [2.45, 2.75) is 193 Å². The van der Waals surface area contributed by atoms with Crippen LogP contribution < -0.4 is 0 Å². The van der Waals surface area contributed by atoms with Crippen molar-refractivity contribution in [3.8, 4) is 0 Å². The number of alkyl halides is 2. The Labute approximate surface area is 279 Å². The second-order valence-electron chi connectivity index (χ2n) is 12.0. The first-order valence-corrected chi connectivity index (χ1v) is 19.7. The minimum absolute atomic E-state index is 0.198. The Morgan fingerprint density at radius 1 is 0.395 bits per heavy atom. The van der Waals surface area contributed by atoms with E-state index in [2.05, 4.69) is 24.3 Å². The fourth-order valence-electron chi connectivity index (χ4n) is 5.40. The fraction of sp³-hybridized carbons (Fsp3) is 0.895. The Hall–Kier alpha value is -0.0600. The van der Waals surface area contributed by atoms with Crippen LogP contribution in [0.15, 0.2) is 24.3 Å². The molecule has 0 radical (unpaired) electrons. The third-order valence-corrected chi connectivity index (χ3v) is 8.52. The van der Waals surface area contributed by atoms with Crippen LogP contribution in [0.5, 0.6) is 0 Å². The molecule has 0 aromatic carbocycles. The van der Waals surface area contributed by atoms with Gasteiger partial charge in [-0.25, -0.2) is 0 Å². The number of allylic oxidation sites excluding steroid dienone is 4. The Morgan fingerprint density at radius 3 is 0.977 bits per heavy atom. The third kappa shape index (κ3) is 34.7. The monoisotopic (exact) mass is 646 g/mol. The maximum atomic E-state index is 6.25. The van der Waals surface area contributed by atoms with E-state index in [1.807, 2.05) is 13.8 Å². The minimum atomic E-state index is -0.198. The predicted molar refractivity (Wildman–Crippen MR) is 192 cm³/mol. The van der Waals surface area contributed by atoms with Crippen LogP contribution in [0.1, 0.15) is 181 Å². The van der Waals surface area contributed by atoms with Crippen LogP contribution in [-0.4, -0.2) is 37.6 Å². The van der Waals surface area contributed by atoms with Crippen LogP contribution in [0.25, 0.3) is 0 Å². The van der Waals surface area contributed by atoms with Crippen LogP contribution >= 0.6 is 23.2 Å². The molecule has 0 N–H and O–H groups in total. The average Bonchev–Trinajstić information content (AvgIpc) is 3.01. The van der Waals surface area contributed by atoms with Crippen LogP contribution in [0.2, 0.25) is 0 Å². The highest BCUT2D eigenvalue weighted by molar-refractivity contribution is 6.18. The van der Waals surface area contributed by atoms with Crippen molar-refractivity contribution in [2.24, 2.45) is 0 Å². The SMILES string of the molecule is CCOC(CCC=CCCCCCCCCCCCCCl)OC(CCC=CCCCCCCCCCCCCCl)OCC. The second kappa shape index (κ2) is 38.1. The van der Waals surface area contributed by atoms with Crippen LogP contribution in [0.3, 0.4) is 0 Å². The van der Waals surface area contributed by atoms with Gasteiger partial charge in [0.2, 0.25) is 0 Å². The van der Waals surface area contributed by atoms with Crippen LogP contribution in [0.4, 0.5) is 0 Å². The molecule has 0 aliphatic rings. The summed E-state index contributed by atoms with van der Waals surface area (Å²) in [6, 6.07) is 0. The molecule has 0 rings (SSSR count). The standard InChI is InChI=1S/C38H72Cl2O3/c1-3-41-37(33-29-25-21-17-13-9-5-7-11-15-19-23-27-31-35-39)43-38(42-4-2)34-30-26-22-18-14-10-6-8-12-16-20-24-28-32-36-40/h21-22,25-26,37-38H,3-20,23-24,27-36H2,1-2H3. The van der Waals surface area contributed by atoms with Gasteiger partial charge in [0, 0.05) is 37.8 Å². The summed E-state index contributed by atoms with van der Waals surface area (Å²) >= 11 is 11.5. The molecule has 0 fully saturated rings. The largest absolute Gasteiger partial charge is 0.353 e. The highest BCUT2D eigenvalue weighted by Crippen LogP contribution is 2.16. The molecular weight excluding hydrogens is 575 g/mol. The molecule has 3 nitrogen and oxygen atoms in total. The van der Waals surface area contributed by atoms with Gasteiger partial charge in [-0.2, -0.15) is 0 Å². The van der Waals surface area contributed by atoms with Gasteiger partial charge in [0.1, 0.15) is 0 Å². The van der Waals surface area contributed by atoms with E-state index in [4.69, 9.17) is 37.4 Å². The number of halogens is 2. The Bertz CT molecular complexity index is 521. The molecule has 0 aromatic heterocycles. The maximum Gasteiger partial charge on any atom is 0.161 e. The zero-order valence-corrected chi connectivity index (χ0v) is 30.2. The van der Waals surface area contributed by atoms with E-state index in [0.717, 1.165) is 37.4 Å². The maximum absolute atomic E-state index is 6.25. The van der Waals surface area contributed by atoms with Gasteiger partial charge in [0.05, 0.1) is 0 Å². The van der Waals surface area contributed by atoms with E-state index in [-0.39, 0.29) is 12.6 Å². The summed E-state index contributed by atoms with van der Waals surface area (Å²) in [6.07, 6.45) is 41.8. The summed E-state index contributed by atoms with van der Waals surface area (Å²) < 4.78 is 18.0. The van der Waals surface area contributed by atoms with Crippen LogP contribution in [-0.2, 0) is 14.2 Å². The van der Waals surface area contributed by atoms with Gasteiger partial charge in [-0.1, -0.05) is 127 Å².